The van der Waals surface area contributed by atoms with Crippen LogP contribution in [0.3, 0.4) is 0 Å². The number of amides is 2. The maximum Gasteiger partial charge on any atom is 0.228 e. The fourth-order valence-corrected chi connectivity index (χ4v) is 3.21. The number of hydrogen-bond donors (Lipinski definition) is 0. The number of hydrogen-bond acceptors (Lipinski definition) is 3. The van der Waals surface area contributed by atoms with Crippen LogP contribution in [0.15, 0.2) is 24.3 Å². The van der Waals surface area contributed by atoms with Crippen molar-refractivity contribution in [1.82, 2.24) is 4.90 Å². The largest absolute Gasteiger partial charge is 0.494 e. The lowest BCUT2D eigenvalue weighted by Gasteiger charge is -2.20. The molecule has 2 amide bonds. The molecular formula is C17H22N2O3. The average molecular weight is 302 g/mol. The van der Waals surface area contributed by atoms with E-state index in [4.69, 9.17) is 4.74 Å². The number of nitrogens with zero attached hydrogens (tertiary/aromatic N) is 2. The second-order valence-corrected chi connectivity index (χ2v) is 5.86. The fraction of sp³-hybridized carbons (Fsp3) is 0.529. The lowest BCUT2D eigenvalue weighted by molar-refractivity contribution is -0.134. The first-order valence-electron chi connectivity index (χ1n) is 8.01. The van der Waals surface area contributed by atoms with E-state index < -0.39 is 0 Å². The number of ether oxygens (including phenoxy) is 1. The van der Waals surface area contributed by atoms with Crippen LogP contribution in [0.4, 0.5) is 5.69 Å². The average Bonchev–Trinajstić information content (AvgIpc) is 3.17. The van der Waals surface area contributed by atoms with Crippen molar-refractivity contribution in [1.29, 1.82) is 0 Å². The van der Waals surface area contributed by atoms with E-state index >= 15 is 0 Å². The van der Waals surface area contributed by atoms with Gasteiger partial charge in [0.1, 0.15) is 5.75 Å². The Bertz CT molecular complexity index is 550. The standard InChI is InChI=1S/C17H22N2O3/c1-2-22-15-7-5-14(6-8-15)19-12-13(11-16(19)20)17(21)18-9-3-4-10-18/h5-8,13H,2-4,9-12H2,1H3/t13-/m0/s1. The van der Waals surface area contributed by atoms with E-state index in [0.717, 1.165) is 37.4 Å². The van der Waals surface area contributed by atoms with Crippen LogP contribution in [-0.4, -0.2) is 43.0 Å². The molecule has 5 heteroatoms. The van der Waals surface area contributed by atoms with Gasteiger partial charge in [-0.1, -0.05) is 0 Å². The van der Waals surface area contributed by atoms with E-state index in [1.54, 1.807) is 4.90 Å². The zero-order valence-electron chi connectivity index (χ0n) is 13.0. The third-order valence-electron chi connectivity index (χ3n) is 4.35. The highest BCUT2D eigenvalue weighted by Crippen LogP contribution is 2.28. The van der Waals surface area contributed by atoms with Gasteiger partial charge < -0.3 is 14.5 Å². The molecule has 2 fully saturated rings. The molecule has 2 saturated heterocycles. The van der Waals surface area contributed by atoms with Gasteiger partial charge in [-0.15, -0.1) is 0 Å². The summed E-state index contributed by atoms with van der Waals surface area (Å²) < 4.78 is 5.41. The van der Waals surface area contributed by atoms with Crippen molar-refractivity contribution < 1.29 is 14.3 Å². The van der Waals surface area contributed by atoms with E-state index in [-0.39, 0.29) is 17.7 Å². The van der Waals surface area contributed by atoms with Crippen molar-refractivity contribution in [2.45, 2.75) is 26.2 Å². The van der Waals surface area contributed by atoms with Gasteiger partial charge in [0.2, 0.25) is 11.8 Å². The highest BCUT2D eigenvalue weighted by Gasteiger charge is 2.37. The second-order valence-electron chi connectivity index (χ2n) is 5.86. The fourth-order valence-electron chi connectivity index (χ4n) is 3.21. The van der Waals surface area contributed by atoms with Crippen LogP contribution in [0.5, 0.6) is 5.75 Å². The van der Waals surface area contributed by atoms with Crippen LogP contribution < -0.4 is 9.64 Å². The Morgan fingerprint density at radius 3 is 2.55 bits per heavy atom. The number of anilines is 1. The molecule has 3 rings (SSSR count). The van der Waals surface area contributed by atoms with Crippen LogP contribution >= 0.6 is 0 Å². The van der Waals surface area contributed by atoms with Gasteiger partial charge in [0.25, 0.3) is 0 Å². The monoisotopic (exact) mass is 302 g/mol. The van der Waals surface area contributed by atoms with Gasteiger partial charge in [0.15, 0.2) is 0 Å². The van der Waals surface area contributed by atoms with Crippen molar-refractivity contribution in [3.05, 3.63) is 24.3 Å². The molecular weight excluding hydrogens is 280 g/mol. The summed E-state index contributed by atoms with van der Waals surface area (Å²) in [6, 6.07) is 7.49. The summed E-state index contributed by atoms with van der Waals surface area (Å²) in [5, 5.41) is 0. The smallest absolute Gasteiger partial charge is 0.228 e. The molecule has 1 aromatic rings. The van der Waals surface area contributed by atoms with Crippen molar-refractivity contribution in [3.8, 4) is 5.75 Å². The molecule has 118 valence electrons. The molecule has 0 aliphatic carbocycles. The van der Waals surface area contributed by atoms with E-state index in [0.29, 0.717) is 19.6 Å². The summed E-state index contributed by atoms with van der Waals surface area (Å²) in [5.74, 6) is 0.765. The molecule has 0 saturated carbocycles. The van der Waals surface area contributed by atoms with Crippen molar-refractivity contribution in [3.63, 3.8) is 0 Å². The molecule has 0 unspecified atom stereocenters. The molecule has 0 spiro atoms. The highest BCUT2D eigenvalue weighted by molar-refractivity contribution is 6.00. The van der Waals surface area contributed by atoms with E-state index in [1.165, 1.54) is 0 Å². The van der Waals surface area contributed by atoms with Crippen molar-refractivity contribution in [2.75, 3.05) is 31.1 Å². The first-order valence-corrected chi connectivity index (χ1v) is 8.01. The van der Waals surface area contributed by atoms with Crippen molar-refractivity contribution >= 4 is 17.5 Å². The van der Waals surface area contributed by atoms with Crippen LogP contribution in [0.25, 0.3) is 0 Å². The summed E-state index contributed by atoms with van der Waals surface area (Å²) in [7, 11) is 0. The Morgan fingerprint density at radius 1 is 1.23 bits per heavy atom. The zero-order chi connectivity index (χ0) is 15.5. The molecule has 2 heterocycles. The number of carbonyl (C=O) groups excluding carboxylic acids is 2. The van der Waals surface area contributed by atoms with Gasteiger partial charge >= 0.3 is 0 Å². The Hall–Kier alpha value is -2.04. The molecule has 1 aromatic carbocycles. The van der Waals surface area contributed by atoms with Gasteiger partial charge in [-0.3, -0.25) is 9.59 Å². The number of rotatable bonds is 4. The topological polar surface area (TPSA) is 49.9 Å². The predicted molar refractivity (Wildman–Crippen MR) is 83.9 cm³/mol. The van der Waals surface area contributed by atoms with Gasteiger partial charge in [0.05, 0.1) is 12.5 Å². The molecule has 0 aromatic heterocycles. The molecule has 5 nitrogen and oxygen atoms in total. The van der Waals surface area contributed by atoms with E-state index in [9.17, 15) is 9.59 Å². The zero-order valence-corrected chi connectivity index (χ0v) is 13.0. The molecule has 0 N–H and O–H groups in total. The summed E-state index contributed by atoms with van der Waals surface area (Å²) in [6.45, 7) is 4.72. The minimum Gasteiger partial charge on any atom is -0.494 e. The van der Waals surface area contributed by atoms with Gasteiger partial charge in [-0.25, -0.2) is 0 Å². The molecule has 22 heavy (non-hydrogen) atoms. The second kappa shape index (κ2) is 6.38. The molecule has 1 atom stereocenters. The Balaban J connectivity index is 1.67. The van der Waals surface area contributed by atoms with Crippen LogP contribution in [-0.2, 0) is 9.59 Å². The first kappa shape index (κ1) is 14.9. The maximum absolute atomic E-state index is 12.4. The molecule has 0 radical (unpaired) electrons. The van der Waals surface area contributed by atoms with Gasteiger partial charge in [-0.05, 0) is 44.0 Å². The summed E-state index contributed by atoms with van der Waals surface area (Å²) in [4.78, 5) is 28.3. The highest BCUT2D eigenvalue weighted by atomic mass is 16.5. The van der Waals surface area contributed by atoms with E-state index in [2.05, 4.69) is 0 Å². The van der Waals surface area contributed by atoms with Crippen LogP contribution in [0.2, 0.25) is 0 Å². The van der Waals surface area contributed by atoms with Gasteiger partial charge in [0, 0.05) is 31.7 Å². The van der Waals surface area contributed by atoms with E-state index in [1.807, 2.05) is 36.1 Å². The Kier molecular flexibility index (Phi) is 4.32. The maximum atomic E-state index is 12.4. The van der Waals surface area contributed by atoms with Crippen LogP contribution in [0.1, 0.15) is 26.2 Å². The number of benzene rings is 1. The third kappa shape index (κ3) is 2.93. The summed E-state index contributed by atoms with van der Waals surface area (Å²) in [6.07, 6.45) is 2.48. The first-order chi connectivity index (χ1) is 10.7. The molecule has 0 bridgehead atoms. The molecule has 2 aliphatic heterocycles. The number of carbonyl (C=O) groups is 2. The quantitative estimate of drug-likeness (QED) is 0.855. The van der Waals surface area contributed by atoms with Gasteiger partial charge in [-0.2, -0.15) is 0 Å². The SMILES string of the molecule is CCOc1ccc(N2C[C@@H](C(=O)N3CCCC3)CC2=O)cc1. The third-order valence-corrected chi connectivity index (χ3v) is 4.35. The van der Waals surface area contributed by atoms with Crippen molar-refractivity contribution in [2.24, 2.45) is 5.92 Å². The predicted octanol–water partition coefficient (Wildman–Crippen LogP) is 2.06. The number of likely N-dealkylation sites (tertiary alicyclic amines) is 1. The minimum absolute atomic E-state index is 0.0294. The lowest BCUT2D eigenvalue weighted by Crippen LogP contribution is -2.35. The minimum atomic E-state index is -0.197. The molecule has 2 aliphatic rings. The lowest BCUT2D eigenvalue weighted by atomic mass is 10.1. The normalized spacial score (nSPS) is 21.5. The summed E-state index contributed by atoms with van der Waals surface area (Å²) >= 11 is 0. The van der Waals surface area contributed by atoms with Crippen LogP contribution in [0, 0.1) is 5.92 Å². The Labute approximate surface area is 130 Å². The Morgan fingerprint density at radius 2 is 1.91 bits per heavy atom. The summed E-state index contributed by atoms with van der Waals surface area (Å²) in [5.41, 5.74) is 0.838.